The molecular formula is C25H40O. The Balaban J connectivity index is 0. The lowest BCUT2D eigenvalue weighted by molar-refractivity contribution is 0.102. The average molecular weight is 357 g/mol. The molecule has 0 amide bonds. The second kappa shape index (κ2) is 13.3. The summed E-state index contributed by atoms with van der Waals surface area (Å²) in [5.74, 6) is 1.32. The van der Waals surface area contributed by atoms with Crippen molar-refractivity contribution in [1.82, 2.24) is 0 Å². The van der Waals surface area contributed by atoms with Gasteiger partial charge in [-0.05, 0) is 41.9 Å². The number of ketones is 1. The molecule has 1 aromatic rings. The normalized spacial score (nSPS) is 21.8. The number of Topliss-reactive ketones (excluding diaryl/α,β-unsaturated/α-hetero) is 1. The molecule has 2 aliphatic carbocycles. The molecule has 3 rings (SSSR count). The zero-order valence-electron chi connectivity index (χ0n) is 18.1. The summed E-state index contributed by atoms with van der Waals surface area (Å²) < 4.78 is 0. The monoisotopic (exact) mass is 356 g/mol. The quantitative estimate of drug-likeness (QED) is 0.468. The van der Waals surface area contributed by atoms with Crippen LogP contribution in [0.2, 0.25) is 0 Å². The first kappa shape index (κ1) is 24.1. The molecule has 2 atom stereocenters. The first-order valence-corrected chi connectivity index (χ1v) is 10.4. The van der Waals surface area contributed by atoms with Crippen LogP contribution in [0.5, 0.6) is 0 Å². The second-order valence-corrected chi connectivity index (χ2v) is 5.90. The van der Waals surface area contributed by atoms with Gasteiger partial charge < -0.3 is 0 Å². The van der Waals surface area contributed by atoms with Crippen LogP contribution in [0.15, 0.2) is 59.7 Å². The third-order valence-electron chi connectivity index (χ3n) is 4.44. The molecule has 0 radical (unpaired) electrons. The van der Waals surface area contributed by atoms with E-state index in [0.29, 0.717) is 11.8 Å². The Morgan fingerprint density at radius 2 is 1.54 bits per heavy atom. The van der Waals surface area contributed by atoms with Gasteiger partial charge in [-0.2, -0.15) is 0 Å². The molecule has 2 unspecified atom stereocenters. The van der Waals surface area contributed by atoms with Crippen LogP contribution < -0.4 is 0 Å². The van der Waals surface area contributed by atoms with Crippen molar-refractivity contribution in [2.24, 2.45) is 11.8 Å². The van der Waals surface area contributed by atoms with Gasteiger partial charge in [-0.1, -0.05) is 97.9 Å². The lowest BCUT2D eigenvalue weighted by Crippen LogP contribution is -2.14. The van der Waals surface area contributed by atoms with Crippen molar-refractivity contribution in [2.75, 3.05) is 0 Å². The minimum absolute atomic E-state index is 0. The van der Waals surface area contributed by atoms with Gasteiger partial charge in [0.15, 0.2) is 5.78 Å². The van der Waals surface area contributed by atoms with E-state index in [1.165, 1.54) is 11.1 Å². The number of hydrogen-bond acceptors (Lipinski definition) is 1. The highest BCUT2D eigenvalue weighted by molar-refractivity contribution is 6.11. The Hall–Kier alpha value is -1.89. The topological polar surface area (TPSA) is 17.1 Å². The number of benzene rings is 1. The molecule has 0 spiro atoms. The summed E-state index contributed by atoms with van der Waals surface area (Å²) in [6, 6.07) is 7.97. The minimum atomic E-state index is 0. The third-order valence-corrected chi connectivity index (χ3v) is 4.44. The molecular weight excluding hydrogens is 316 g/mol. The molecule has 1 aromatic carbocycles. The van der Waals surface area contributed by atoms with Crippen molar-refractivity contribution in [3.8, 4) is 0 Å². The van der Waals surface area contributed by atoms with Crippen molar-refractivity contribution < 1.29 is 6.22 Å². The van der Waals surface area contributed by atoms with E-state index in [2.05, 4.69) is 44.2 Å². The van der Waals surface area contributed by atoms with Gasteiger partial charge in [0.2, 0.25) is 0 Å². The number of allylic oxidation sites excluding steroid dienone is 6. The molecule has 1 heteroatoms. The summed E-state index contributed by atoms with van der Waals surface area (Å²) in [6.45, 7) is 16.5. The first-order valence-electron chi connectivity index (χ1n) is 10.4. The van der Waals surface area contributed by atoms with Gasteiger partial charge in [-0.3, -0.25) is 4.79 Å². The van der Waals surface area contributed by atoms with Crippen LogP contribution in [0.25, 0.3) is 0 Å². The van der Waals surface area contributed by atoms with E-state index in [0.717, 1.165) is 24.0 Å². The molecule has 146 valence electrons. The molecule has 0 saturated carbocycles. The molecule has 0 fully saturated rings. The lowest BCUT2D eigenvalue weighted by atomic mass is 9.84. The van der Waals surface area contributed by atoms with Gasteiger partial charge in [0.05, 0.1) is 0 Å². The number of rotatable bonds is 1. The summed E-state index contributed by atoms with van der Waals surface area (Å²) in [7, 11) is 0. The van der Waals surface area contributed by atoms with Crippen LogP contribution in [-0.2, 0) is 6.42 Å². The molecule has 0 N–H and O–H groups in total. The van der Waals surface area contributed by atoms with Gasteiger partial charge in [-0.25, -0.2) is 0 Å². The van der Waals surface area contributed by atoms with Crippen molar-refractivity contribution >= 4 is 5.78 Å². The van der Waals surface area contributed by atoms with Gasteiger partial charge in [0.25, 0.3) is 0 Å². The summed E-state index contributed by atoms with van der Waals surface area (Å²) >= 11 is 0. The minimum Gasteiger partial charge on any atom is -0.289 e. The largest absolute Gasteiger partial charge is 0.289 e. The van der Waals surface area contributed by atoms with E-state index in [-0.39, 0.29) is 7.21 Å². The second-order valence-electron chi connectivity index (χ2n) is 5.90. The van der Waals surface area contributed by atoms with Gasteiger partial charge >= 0.3 is 0 Å². The Kier molecular flexibility index (Phi) is 12.4. The highest BCUT2D eigenvalue weighted by Crippen LogP contribution is 2.28. The molecule has 0 aromatic heterocycles. The fourth-order valence-corrected chi connectivity index (χ4v) is 2.90. The Bertz CT molecular complexity index is 637. The summed E-state index contributed by atoms with van der Waals surface area (Å²) in [6.07, 6.45) is 10.5. The fraction of sp³-hybridized carbons (Fsp3) is 0.480. The van der Waals surface area contributed by atoms with Crippen molar-refractivity contribution in [3.05, 3.63) is 70.8 Å². The van der Waals surface area contributed by atoms with Crippen molar-refractivity contribution in [3.63, 3.8) is 0 Å². The van der Waals surface area contributed by atoms with Crippen LogP contribution in [0.3, 0.4) is 0 Å². The number of carbonyl (C=O) groups is 1. The Morgan fingerprint density at radius 3 is 2.15 bits per heavy atom. The maximum absolute atomic E-state index is 12.5. The molecule has 0 saturated heterocycles. The SMILES string of the molecule is CC.CC.CC.CC1C=CC(/C=C2\CCc3ccccc3C2=O)=CC1C.[HH]. The average Bonchev–Trinajstić information content (AvgIpc) is 2.72. The van der Waals surface area contributed by atoms with E-state index >= 15 is 0 Å². The van der Waals surface area contributed by atoms with Crippen LogP contribution in [0.4, 0.5) is 0 Å². The number of hydrogen-bond donors (Lipinski definition) is 0. The maximum Gasteiger partial charge on any atom is 0.189 e. The van der Waals surface area contributed by atoms with Crippen molar-refractivity contribution in [1.29, 1.82) is 0 Å². The fourth-order valence-electron chi connectivity index (χ4n) is 2.90. The molecule has 0 bridgehead atoms. The van der Waals surface area contributed by atoms with Crippen LogP contribution >= 0.6 is 0 Å². The van der Waals surface area contributed by atoms with Crippen LogP contribution in [0, 0.1) is 11.8 Å². The van der Waals surface area contributed by atoms with E-state index in [1.807, 2.05) is 59.7 Å². The Morgan fingerprint density at radius 1 is 0.923 bits per heavy atom. The molecule has 0 aliphatic heterocycles. The molecule has 1 nitrogen and oxygen atoms in total. The van der Waals surface area contributed by atoms with E-state index in [1.54, 1.807) is 0 Å². The van der Waals surface area contributed by atoms with Crippen molar-refractivity contribution in [2.45, 2.75) is 68.2 Å². The number of aryl methyl sites for hydroxylation is 1. The summed E-state index contributed by atoms with van der Waals surface area (Å²) in [4.78, 5) is 12.5. The number of carbonyl (C=O) groups excluding carboxylic acids is 1. The molecule has 0 heterocycles. The zero-order chi connectivity index (χ0) is 20.1. The van der Waals surface area contributed by atoms with Gasteiger partial charge in [0, 0.05) is 12.6 Å². The zero-order valence-corrected chi connectivity index (χ0v) is 18.1. The van der Waals surface area contributed by atoms with E-state index < -0.39 is 0 Å². The van der Waals surface area contributed by atoms with Gasteiger partial charge in [0.1, 0.15) is 0 Å². The summed E-state index contributed by atoms with van der Waals surface area (Å²) in [5.41, 5.74) is 4.19. The predicted molar refractivity (Wildman–Crippen MR) is 119 cm³/mol. The Labute approximate surface area is 163 Å². The summed E-state index contributed by atoms with van der Waals surface area (Å²) in [5, 5.41) is 0. The highest BCUT2D eigenvalue weighted by atomic mass is 16.1. The smallest absolute Gasteiger partial charge is 0.189 e. The number of fused-ring (bicyclic) bond motifs is 1. The molecule has 2 aliphatic rings. The van der Waals surface area contributed by atoms with Crippen LogP contribution in [0.1, 0.15) is 79.2 Å². The van der Waals surface area contributed by atoms with Crippen LogP contribution in [-0.4, -0.2) is 5.78 Å². The lowest BCUT2D eigenvalue weighted by Gasteiger charge is -2.20. The van der Waals surface area contributed by atoms with E-state index in [9.17, 15) is 4.79 Å². The van der Waals surface area contributed by atoms with E-state index in [4.69, 9.17) is 0 Å². The maximum atomic E-state index is 12.5. The molecule has 26 heavy (non-hydrogen) atoms. The first-order chi connectivity index (χ1) is 12.6. The highest BCUT2D eigenvalue weighted by Gasteiger charge is 2.21. The third kappa shape index (κ3) is 6.44. The standard InChI is InChI=1S/C19H20O.3C2H6.H2/c1-13-7-8-15(11-14(13)2)12-17-10-9-16-5-3-4-6-18(16)19(17)20;3*1-2;/h3-8,11-14H,9-10H2,1-2H3;3*1-2H3;1H/b17-12+;;;;. The van der Waals surface area contributed by atoms with Gasteiger partial charge in [-0.15, -0.1) is 0 Å². The predicted octanol–water partition coefficient (Wildman–Crippen LogP) is 7.83.